The van der Waals surface area contributed by atoms with Gasteiger partial charge in [-0.3, -0.25) is 5.10 Å². The van der Waals surface area contributed by atoms with Gasteiger partial charge in [-0.15, -0.1) is 0 Å². The molecule has 0 fully saturated rings. The van der Waals surface area contributed by atoms with Crippen molar-refractivity contribution in [2.75, 3.05) is 0 Å². The molecular weight excluding hydrogens is 220 g/mol. The quantitative estimate of drug-likeness (QED) is 0.603. The lowest BCUT2D eigenvalue weighted by atomic mass is 10.2. The Morgan fingerprint density at radius 1 is 1.38 bits per heavy atom. The van der Waals surface area contributed by atoms with Crippen LogP contribution in [0, 0.1) is 11.7 Å². The Balaban J connectivity index is 2.64. The van der Waals surface area contributed by atoms with Gasteiger partial charge in [-0.25, -0.2) is 0 Å². The summed E-state index contributed by atoms with van der Waals surface area (Å²) in [4.78, 5) is 4.30. The Hall–Kier alpha value is -1.75. The minimum Gasteiger partial charge on any atom is -0.327 e. The van der Waals surface area contributed by atoms with Gasteiger partial charge in [0.05, 0.1) is 5.52 Å². The first-order valence-electron chi connectivity index (χ1n) is 4.98. The molecule has 0 atom stereocenters. The molecule has 0 amide bonds. The number of aromatic nitrogens is 4. The predicted molar refractivity (Wildman–Crippen MR) is 65.9 cm³/mol. The van der Waals surface area contributed by atoms with Crippen LogP contribution in [0.4, 0.5) is 0 Å². The molecule has 0 saturated heterocycles. The Morgan fingerprint density at radius 2 is 2.19 bits per heavy atom. The maximum Gasteiger partial charge on any atom is 0.215 e. The lowest BCUT2D eigenvalue weighted by Crippen LogP contribution is -1.92. The maximum absolute atomic E-state index is 4.99. The summed E-state index contributed by atoms with van der Waals surface area (Å²) in [7, 11) is 1.98. The van der Waals surface area contributed by atoms with Crippen LogP contribution in [0.5, 0.6) is 0 Å². The molecule has 80 valence electrons. The van der Waals surface area contributed by atoms with Gasteiger partial charge in [0.25, 0.3) is 0 Å². The average Bonchev–Trinajstić information content (AvgIpc) is 2.52. The normalized spacial score (nSPS) is 11.4. The fourth-order valence-electron chi connectivity index (χ4n) is 1.99. The van der Waals surface area contributed by atoms with E-state index in [-0.39, 0.29) is 0 Å². The number of aromatic amines is 1. The third-order valence-electron chi connectivity index (χ3n) is 2.77. The fraction of sp³-hybridized carbons (Fsp3) is 0.182. The minimum atomic E-state index is 0.412. The molecule has 0 bridgehead atoms. The Bertz CT molecular complexity index is 754. The van der Waals surface area contributed by atoms with Crippen molar-refractivity contribution in [1.29, 1.82) is 0 Å². The van der Waals surface area contributed by atoms with Gasteiger partial charge in [0, 0.05) is 12.4 Å². The Kier molecular flexibility index (Phi) is 1.85. The van der Waals surface area contributed by atoms with Crippen molar-refractivity contribution in [3.63, 3.8) is 0 Å². The summed E-state index contributed by atoms with van der Waals surface area (Å²) < 4.78 is 2.43. The number of aryl methyl sites for hydroxylation is 2. The highest BCUT2D eigenvalue weighted by Gasteiger charge is 2.10. The van der Waals surface area contributed by atoms with Crippen LogP contribution in [-0.4, -0.2) is 19.7 Å². The molecule has 0 aliphatic rings. The molecule has 0 aliphatic carbocycles. The third kappa shape index (κ3) is 1.18. The molecule has 0 saturated carbocycles. The highest BCUT2D eigenvalue weighted by atomic mass is 32.1. The third-order valence-corrected chi connectivity index (χ3v) is 2.95. The maximum atomic E-state index is 4.99. The van der Waals surface area contributed by atoms with Crippen molar-refractivity contribution in [2.45, 2.75) is 6.92 Å². The van der Waals surface area contributed by atoms with Gasteiger partial charge in [-0.1, -0.05) is 11.6 Å². The lowest BCUT2D eigenvalue weighted by Gasteiger charge is -1.96. The first kappa shape index (κ1) is 9.47. The van der Waals surface area contributed by atoms with Gasteiger partial charge in [-0.05, 0) is 31.3 Å². The van der Waals surface area contributed by atoms with Gasteiger partial charge in [0.2, 0.25) is 4.77 Å². The summed E-state index contributed by atoms with van der Waals surface area (Å²) in [6.07, 6.45) is 0. The summed E-state index contributed by atoms with van der Waals surface area (Å²) >= 11 is 4.99. The van der Waals surface area contributed by atoms with Crippen molar-refractivity contribution in [1.82, 2.24) is 19.7 Å². The number of rotatable bonds is 0. The van der Waals surface area contributed by atoms with Gasteiger partial charge >= 0.3 is 0 Å². The molecule has 3 aromatic rings. The number of nitrogens with zero attached hydrogens (tertiary/aromatic N) is 3. The Labute approximate surface area is 96.9 Å². The standard InChI is InChI=1S/C11H10N4S/c1-6-3-4-8-7(5-6)9-10(15(8)2)12-11(16)14-13-9/h3-5H,1-2H3,(H,12,14,16). The molecule has 0 spiro atoms. The zero-order valence-corrected chi connectivity index (χ0v) is 9.80. The predicted octanol–water partition coefficient (Wildman–Crippen LogP) is 2.49. The van der Waals surface area contributed by atoms with Gasteiger partial charge in [0.1, 0.15) is 5.52 Å². The molecule has 4 nitrogen and oxygen atoms in total. The molecule has 5 heteroatoms. The first-order chi connectivity index (χ1) is 7.66. The second-order valence-electron chi connectivity index (χ2n) is 3.89. The van der Waals surface area contributed by atoms with Crippen molar-refractivity contribution >= 4 is 34.3 Å². The number of benzene rings is 1. The van der Waals surface area contributed by atoms with Crippen molar-refractivity contribution < 1.29 is 0 Å². The number of H-pyrrole nitrogens is 1. The highest BCUT2D eigenvalue weighted by Crippen LogP contribution is 2.25. The van der Waals surface area contributed by atoms with Crippen molar-refractivity contribution in [3.8, 4) is 0 Å². The fourth-order valence-corrected chi connectivity index (χ4v) is 2.12. The van der Waals surface area contributed by atoms with Crippen LogP contribution in [0.25, 0.3) is 22.1 Å². The minimum absolute atomic E-state index is 0.412. The highest BCUT2D eigenvalue weighted by molar-refractivity contribution is 7.71. The SMILES string of the molecule is Cc1ccc2c(c1)c1n[nH]c(=S)nc1n2C. The average molecular weight is 230 g/mol. The zero-order valence-electron chi connectivity index (χ0n) is 8.98. The molecular formula is C11H10N4S. The van der Waals surface area contributed by atoms with E-state index < -0.39 is 0 Å². The second-order valence-corrected chi connectivity index (χ2v) is 4.28. The van der Waals surface area contributed by atoms with Gasteiger partial charge in [-0.2, -0.15) is 10.1 Å². The topological polar surface area (TPSA) is 46.5 Å². The van der Waals surface area contributed by atoms with Gasteiger partial charge < -0.3 is 4.57 Å². The molecule has 16 heavy (non-hydrogen) atoms. The molecule has 0 radical (unpaired) electrons. The smallest absolute Gasteiger partial charge is 0.215 e. The van der Waals surface area contributed by atoms with Gasteiger partial charge in [0.15, 0.2) is 5.65 Å². The summed E-state index contributed by atoms with van der Waals surface area (Å²) in [6, 6.07) is 6.28. The number of fused-ring (bicyclic) bond motifs is 3. The lowest BCUT2D eigenvalue weighted by molar-refractivity contribution is 0.941. The van der Waals surface area contributed by atoms with E-state index in [9.17, 15) is 0 Å². The zero-order chi connectivity index (χ0) is 11.3. The van der Waals surface area contributed by atoms with Crippen LogP contribution >= 0.6 is 12.2 Å². The molecule has 3 rings (SSSR count). The van der Waals surface area contributed by atoms with Crippen molar-refractivity contribution in [3.05, 3.63) is 28.5 Å². The monoisotopic (exact) mass is 230 g/mol. The van der Waals surface area contributed by atoms with Crippen LogP contribution in [0.3, 0.4) is 0 Å². The molecule has 2 heterocycles. The van der Waals surface area contributed by atoms with Crippen LogP contribution in [-0.2, 0) is 7.05 Å². The Morgan fingerprint density at radius 3 is 3.00 bits per heavy atom. The van der Waals surface area contributed by atoms with Crippen LogP contribution in [0.2, 0.25) is 0 Å². The summed E-state index contributed by atoms with van der Waals surface area (Å²) in [5.41, 5.74) is 4.03. The van der Waals surface area contributed by atoms with Crippen LogP contribution in [0.1, 0.15) is 5.56 Å². The molecule has 0 unspecified atom stereocenters. The summed E-state index contributed by atoms with van der Waals surface area (Å²) in [6.45, 7) is 2.07. The van der Waals surface area contributed by atoms with E-state index in [1.807, 2.05) is 11.6 Å². The molecule has 1 N–H and O–H groups in total. The van der Waals surface area contributed by atoms with Crippen LogP contribution in [0.15, 0.2) is 18.2 Å². The molecule has 0 aliphatic heterocycles. The largest absolute Gasteiger partial charge is 0.327 e. The number of hydrogen-bond acceptors (Lipinski definition) is 3. The molecule has 1 aromatic carbocycles. The summed E-state index contributed by atoms with van der Waals surface area (Å²) in [5.74, 6) is 0. The number of hydrogen-bond donors (Lipinski definition) is 1. The van der Waals surface area contributed by atoms with E-state index in [4.69, 9.17) is 12.2 Å². The van der Waals surface area contributed by atoms with E-state index in [2.05, 4.69) is 40.3 Å². The van der Waals surface area contributed by atoms with E-state index in [0.717, 1.165) is 22.1 Å². The summed E-state index contributed by atoms with van der Waals surface area (Å²) in [5, 5.41) is 8.11. The second kappa shape index (κ2) is 3.12. The molecule has 2 aromatic heterocycles. The number of nitrogens with one attached hydrogen (secondary N) is 1. The van der Waals surface area contributed by atoms with Crippen LogP contribution < -0.4 is 0 Å². The van der Waals surface area contributed by atoms with E-state index in [1.165, 1.54) is 5.56 Å². The van der Waals surface area contributed by atoms with E-state index >= 15 is 0 Å². The van der Waals surface area contributed by atoms with Crippen molar-refractivity contribution in [2.24, 2.45) is 7.05 Å². The first-order valence-corrected chi connectivity index (χ1v) is 5.39. The van der Waals surface area contributed by atoms with E-state index in [0.29, 0.717) is 4.77 Å². The van der Waals surface area contributed by atoms with E-state index in [1.54, 1.807) is 0 Å².